The summed E-state index contributed by atoms with van der Waals surface area (Å²) in [6, 6.07) is 25.4. The third kappa shape index (κ3) is 7.37. The molecule has 0 aromatic heterocycles. The summed E-state index contributed by atoms with van der Waals surface area (Å²) in [7, 11) is 0. The van der Waals surface area contributed by atoms with Crippen molar-refractivity contribution in [2.24, 2.45) is 5.92 Å². The number of amides is 1. The molecule has 51 heavy (non-hydrogen) atoms. The number of esters is 1. The second-order valence-electron chi connectivity index (χ2n) is 15.5. The molecule has 2 aliphatic carbocycles. The van der Waals surface area contributed by atoms with Crippen LogP contribution in [0.3, 0.4) is 0 Å². The molecule has 7 rings (SSSR count). The van der Waals surface area contributed by atoms with E-state index in [1.165, 1.54) is 42.0 Å². The zero-order chi connectivity index (χ0) is 35.4. The maximum absolute atomic E-state index is 14.4. The van der Waals surface area contributed by atoms with Gasteiger partial charge >= 0.3 is 5.97 Å². The Morgan fingerprint density at radius 2 is 1.53 bits per heavy atom. The first-order chi connectivity index (χ1) is 24.8. The predicted molar refractivity (Wildman–Crippen MR) is 199 cm³/mol. The van der Waals surface area contributed by atoms with Crippen molar-refractivity contribution < 1.29 is 23.9 Å². The molecule has 2 aliphatic heterocycles. The number of hydrogen-bond donors (Lipinski definition) is 0. The number of carbonyl (C=O) groups is 3. The molecule has 4 aliphatic rings. The van der Waals surface area contributed by atoms with E-state index >= 15 is 0 Å². The summed E-state index contributed by atoms with van der Waals surface area (Å²) in [6.07, 6.45) is 12.3. The van der Waals surface area contributed by atoms with Crippen LogP contribution in [0, 0.1) is 5.92 Å². The number of ether oxygens (including phenoxy) is 2. The van der Waals surface area contributed by atoms with Gasteiger partial charge in [-0.1, -0.05) is 86.0 Å². The summed E-state index contributed by atoms with van der Waals surface area (Å²) in [5.41, 5.74) is 4.83. The third-order valence-corrected chi connectivity index (χ3v) is 12.2. The number of unbranched alkanes of at least 4 members (excludes halogenated alkanes) is 4. The Morgan fingerprint density at radius 1 is 0.843 bits per heavy atom. The van der Waals surface area contributed by atoms with Crippen LogP contribution in [0.4, 0.5) is 0 Å². The molecule has 1 amide bonds. The highest BCUT2D eigenvalue weighted by atomic mass is 16.6. The Bertz CT molecular complexity index is 1690. The molecule has 2 heterocycles. The van der Waals surface area contributed by atoms with Gasteiger partial charge in [0.25, 0.3) is 0 Å². The zero-order valence-corrected chi connectivity index (χ0v) is 30.5. The monoisotopic (exact) mass is 690 g/mol. The average molecular weight is 691 g/mol. The van der Waals surface area contributed by atoms with Gasteiger partial charge in [-0.2, -0.15) is 0 Å². The van der Waals surface area contributed by atoms with Crippen LogP contribution in [0.2, 0.25) is 0 Å². The van der Waals surface area contributed by atoms with Gasteiger partial charge in [0.15, 0.2) is 11.5 Å². The quantitative estimate of drug-likeness (QED) is 0.0874. The van der Waals surface area contributed by atoms with Gasteiger partial charge in [0.05, 0.1) is 12.6 Å². The van der Waals surface area contributed by atoms with E-state index in [9.17, 15) is 14.4 Å². The van der Waals surface area contributed by atoms with Crippen LogP contribution < -0.4 is 9.47 Å². The van der Waals surface area contributed by atoms with Gasteiger partial charge in [0.1, 0.15) is 11.9 Å². The van der Waals surface area contributed by atoms with E-state index in [1.807, 2.05) is 12.1 Å². The lowest BCUT2D eigenvalue weighted by molar-refractivity contribution is -0.143. The number of ketones is 1. The topological polar surface area (TPSA) is 76.2 Å². The Kier molecular flexibility index (Phi) is 10.9. The lowest BCUT2D eigenvalue weighted by Gasteiger charge is -2.60. The van der Waals surface area contributed by atoms with Gasteiger partial charge in [0, 0.05) is 36.9 Å². The van der Waals surface area contributed by atoms with Crippen molar-refractivity contribution in [2.45, 2.75) is 121 Å². The molecule has 7 nitrogen and oxygen atoms in total. The van der Waals surface area contributed by atoms with E-state index < -0.39 is 0 Å². The highest BCUT2D eigenvalue weighted by molar-refractivity contribution is 5.78. The summed E-state index contributed by atoms with van der Waals surface area (Å²) in [4.78, 5) is 43.6. The molecule has 0 unspecified atom stereocenters. The number of rotatable bonds is 16. The summed E-state index contributed by atoms with van der Waals surface area (Å²) < 4.78 is 12.8. The molecule has 0 radical (unpaired) electrons. The molecule has 2 fully saturated rings. The number of piperidine rings is 1. The molecule has 7 heteroatoms. The largest absolute Gasteiger partial charge is 0.483 e. The van der Waals surface area contributed by atoms with Gasteiger partial charge in [-0.3, -0.25) is 19.3 Å². The minimum absolute atomic E-state index is 0.0704. The fourth-order valence-corrected chi connectivity index (χ4v) is 10.1. The number of nitrogens with zero attached hydrogens (tertiary/aromatic N) is 2. The van der Waals surface area contributed by atoms with E-state index in [4.69, 9.17) is 9.47 Å². The van der Waals surface area contributed by atoms with E-state index in [0.717, 1.165) is 70.8 Å². The van der Waals surface area contributed by atoms with Crippen LogP contribution in [0.25, 0.3) is 0 Å². The van der Waals surface area contributed by atoms with Crippen molar-refractivity contribution in [3.63, 3.8) is 0 Å². The first-order valence-corrected chi connectivity index (χ1v) is 19.5. The molecule has 2 bridgehead atoms. The van der Waals surface area contributed by atoms with Gasteiger partial charge in [-0.25, -0.2) is 0 Å². The van der Waals surface area contributed by atoms with Gasteiger partial charge < -0.3 is 14.4 Å². The molecule has 270 valence electrons. The molecular formula is C44H54N2O5. The Balaban J connectivity index is 1.11. The summed E-state index contributed by atoms with van der Waals surface area (Å²) in [6.45, 7) is 5.10. The fraction of sp³-hybridized carbons (Fsp3) is 0.523. The van der Waals surface area contributed by atoms with Crippen molar-refractivity contribution in [3.05, 3.63) is 95.1 Å². The summed E-state index contributed by atoms with van der Waals surface area (Å²) in [5, 5.41) is 0. The Morgan fingerprint density at radius 3 is 2.24 bits per heavy atom. The first kappa shape index (κ1) is 35.4. The number of carbonyl (C=O) groups excluding carboxylic acids is 3. The normalized spacial score (nSPS) is 24.4. The van der Waals surface area contributed by atoms with Gasteiger partial charge in [-0.05, 0) is 99.9 Å². The van der Waals surface area contributed by atoms with Crippen LogP contribution in [0.5, 0.6) is 11.5 Å². The standard InChI is InChI=1S/C44H54N2O5/c1-31(47)30-45-28-26-44-36-23-24-37(43(44)51-42-39(50-32(2)48)25-22-35(41(42)44)29-38(36)45)46(27-14-20-34-18-11-7-12-19-34)40(49)21-13-5-3-4-8-15-33-16-9-6-10-17-33/h6-7,9-12,16-19,22,25,36-38,43H,3-5,8,13-15,20-21,23-24,26-30H2,1-2H3/t36-,37-,38+,43-,44-/m0/s1. The Labute approximate surface area is 303 Å². The van der Waals surface area contributed by atoms with E-state index in [2.05, 4.69) is 70.5 Å². The zero-order valence-electron chi connectivity index (χ0n) is 30.5. The summed E-state index contributed by atoms with van der Waals surface area (Å²) in [5.74, 6) is 1.57. The van der Waals surface area contributed by atoms with E-state index in [-0.39, 0.29) is 41.3 Å². The van der Waals surface area contributed by atoms with Gasteiger partial charge in [-0.15, -0.1) is 0 Å². The van der Waals surface area contributed by atoms with Crippen molar-refractivity contribution >= 4 is 17.7 Å². The highest BCUT2D eigenvalue weighted by Gasteiger charge is 2.66. The molecule has 5 atom stereocenters. The van der Waals surface area contributed by atoms with Crippen molar-refractivity contribution in [1.29, 1.82) is 0 Å². The van der Waals surface area contributed by atoms with E-state index in [0.29, 0.717) is 36.9 Å². The van der Waals surface area contributed by atoms with Crippen LogP contribution in [0.1, 0.15) is 100 Å². The number of Topliss-reactive ketones (excluding diaryl/α,β-unsaturated/α-hetero) is 1. The van der Waals surface area contributed by atoms with Crippen LogP contribution in [-0.2, 0) is 39.1 Å². The van der Waals surface area contributed by atoms with Crippen molar-refractivity contribution in [3.8, 4) is 11.5 Å². The second kappa shape index (κ2) is 15.7. The molecule has 3 aromatic carbocycles. The minimum atomic E-state index is -0.363. The number of benzene rings is 3. The maximum atomic E-state index is 14.4. The molecular weight excluding hydrogens is 636 g/mol. The highest BCUT2D eigenvalue weighted by Crippen LogP contribution is 2.64. The lowest BCUT2D eigenvalue weighted by atomic mass is 9.51. The second-order valence-corrected chi connectivity index (χ2v) is 15.5. The third-order valence-electron chi connectivity index (χ3n) is 12.2. The SMILES string of the molecule is CC(=O)CN1CC[C@]23c4c5ccc(OC(C)=O)c4O[C@H]2[C@@H](N(CCCc2ccccc2)C(=O)CCCCCCCc2ccccc2)CC[C@H]3[C@H]1C5. The van der Waals surface area contributed by atoms with Crippen molar-refractivity contribution in [1.82, 2.24) is 9.80 Å². The smallest absolute Gasteiger partial charge is 0.308 e. The maximum Gasteiger partial charge on any atom is 0.308 e. The van der Waals surface area contributed by atoms with E-state index in [1.54, 1.807) is 6.92 Å². The predicted octanol–water partition coefficient (Wildman–Crippen LogP) is 7.65. The van der Waals surface area contributed by atoms with Crippen LogP contribution in [-0.4, -0.2) is 65.3 Å². The molecule has 1 spiro atoms. The molecule has 0 N–H and O–H groups in total. The number of hydrogen-bond acceptors (Lipinski definition) is 6. The molecule has 1 saturated heterocycles. The van der Waals surface area contributed by atoms with Crippen LogP contribution in [0.15, 0.2) is 72.8 Å². The minimum Gasteiger partial charge on any atom is -0.483 e. The number of aryl methyl sites for hydroxylation is 2. The lowest BCUT2D eigenvalue weighted by Crippen LogP contribution is -2.69. The Hall–Kier alpha value is -3.97. The van der Waals surface area contributed by atoms with Crippen molar-refractivity contribution in [2.75, 3.05) is 19.6 Å². The van der Waals surface area contributed by atoms with Crippen LogP contribution >= 0.6 is 0 Å². The average Bonchev–Trinajstić information content (AvgIpc) is 3.48. The fourth-order valence-electron chi connectivity index (χ4n) is 10.1. The summed E-state index contributed by atoms with van der Waals surface area (Å²) >= 11 is 0. The molecule has 3 aromatic rings. The number of likely N-dealkylation sites (tertiary alicyclic amines) is 1. The molecule has 1 saturated carbocycles. The first-order valence-electron chi connectivity index (χ1n) is 19.5. The van der Waals surface area contributed by atoms with Gasteiger partial charge in [0.2, 0.25) is 5.91 Å².